The molecule has 0 aliphatic heterocycles. The van der Waals surface area contributed by atoms with Crippen molar-refractivity contribution in [1.29, 1.82) is 0 Å². The summed E-state index contributed by atoms with van der Waals surface area (Å²) in [5.41, 5.74) is 0. The molecule has 0 aromatic heterocycles. The van der Waals surface area contributed by atoms with Crippen LogP contribution in [0.15, 0.2) is 12.3 Å². The second-order valence-electron chi connectivity index (χ2n) is 6.43. The Hall–Kier alpha value is -0.580. The lowest BCUT2D eigenvalue weighted by Crippen LogP contribution is -2.18. The lowest BCUT2D eigenvalue weighted by atomic mass is 10.1. The van der Waals surface area contributed by atoms with Gasteiger partial charge in [0.1, 0.15) is 0 Å². The number of allylic oxidation sites excluding steroid dienone is 1. The van der Waals surface area contributed by atoms with Crippen molar-refractivity contribution in [2.45, 2.75) is 97.7 Å². The summed E-state index contributed by atoms with van der Waals surface area (Å²) >= 11 is 0. The average molecular weight is 359 g/mol. The molecule has 150 valence electrons. The first-order valence-electron chi connectivity index (χ1n) is 10.4. The molecule has 25 heavy (non-hydrogen) atoms. The predicted octanol–water partition coefficient (Wildman–Crippen LogP) is 6.20. The van der Waals surface area contributed by atoms with Crippen LogP contribution in [-0.2, 0) is 18.9 Å². The highest BCUT2D eigenvalue weighted by Crippen LogP contribution is 2.08. The predicted molar refractivity (Wildman–Crippen MR) is 105 cm³/mol. The van der Waals surface area contributed by atoms with Crippen LogP contribution < -0.4 is 0 Å². The standard InChI is InChI=1S/C21H42O4/c1-4-7-8-9-10-11-13-18-22-20-23-19-14-12-15-21(24-16-5-2)25-17-6-3/h14,19,21H,4-13,15-18,20H2,1-3H3. The summed E-state index contributed by atoms with van der Waals surface area (Å²) < 4.78 is 22.2. The van der Waals surface area contributed by atoms with E-state index in [4.69, 9.17) is 18.9 Å². The minimum atomic E-state index is -0.0990. The average Bonchev–Trinajstić information content (AvgIpc) is 2.63. The molecule has 0 heterocycles. The summed E-state index contributed by atoms with van der Waals surface area (Å²) in [6.45, 7) is 9.10. The normalized spacial score (nSPS) is 11.7. The van der Waals surface area contributed by atoms with Crippen molar-refractivity contribution in [3.05, 3.63) is 12.3 Å². The minimum Gasteiger partial charge on any atom is -0.475 e. The molecule has 4 heteroatoms. The van der Waals surface area contributed by atoms with Gasteiger partial charge in [-0.15, -0.1) is 0 Å². The van der Waals surface area contributed by atoms with E-state index < -0.39 is 0 Å². The fourth-order valence-corrected chi connectivity index (χ4v) is 2.39. The third-order valence-electron chi connectivity index (χ3n) is 3.82. The Kier molecular flexibility index (Phi) is 21.0. The van der Waals surface area contributed by atoms with E-state index in [1.807, 2.05) is 6.08 Å². The maximum atomic E-state index is 5.69. The third-order valence-corrected chi connectivity index (χ3v) is 3.82. The molecule has 0 N–H and O–H groups in total. The molecular formula is C21H42O4. The van der Waals surface area contributed by atoms with Crippen LogP contribution in [0, 0.1) is 0 Å². The van der Waals surface area contributed by atoms with Crippen molar-refractivity contribution < 1.29 is 18.9 Å². The summed E-state index contributed by atoms with van der Waals surface area (Å²) in [5.74, 6) is 0. The number of hydrogen-bond acceptors (Lipinski definition) is 4. The van der Waals surface area contributed by atoms with E-state index in [1.54, 1.807) is 6.26 Å². The second-order valence-corrected chi connectivity index (χ2v) is 6.43. The van der Waals surface area contributed by atoms with Crippen molar-refractivity contribution in [1.82, 2.24) is 0 Å². The molecule has 0 aromatic carbocycles. The fraction of sp³-hybridized carbons (Fsp3) is 0.905. The first-order chi connectivity index (χ1) is 12.3. The van der Waals surface area contributed by atoms with Gasteiger partial charge in [-0.1, -0.05) is 59.3 Å². The van der Waals surface area contributed by atoms with Crippen LogP contribution in [0.5, 0.6) is 0 Å². The van der Waals surface area contributed by atoms with Gasteiger partial charge in [-0.05, 0) is 31.8 Å². The molecule has 0 rings (SSSR count). The van der Waals surface area contributed by atoms with Gasteiger partial charge < -0.3 is 18.9 Å². The third kappa shape index (κ3) is 19.6. The maximum absolute atomic E-state index is 5.69. The smallest absolute Gasteiger partial charge is 0.188 e. The van der Waals surface area contributed by atoms with Crippen molar-refractivity contribution in [2.75, 3.05) is 26.6 Å². The molecule has 0 atom stereocenters. The van der Waals surface area contributed by atoms with Gasteiger partial charge in [-0.3, -0.25) is 0 Å². The molecule has 0 aliphatic carbocycles. The molecule has 0 aromatic rings. The van der Waals surface area contributed by atoms with E-state index in [0.717, 1.165) is 51.9 Å². The first kappa shape index (κ1) is 24.4. The topological polar surface area (TPSA) is 36.9 Å². The zero-order valence-corrected chi connectivity index (χ0v) is 17.0. The minimum absolute atomic E-state index is 0.0990. The highest BCUT2D eigenvalue weighted by Gasteiger charge is 2.07. The van der Waals surface area contributed by atoms with Gasteiger partial charge in [0.15, 0.2) is 13.1 Å². The van der Waals surface area contributed by atoms with Gasteiger partial charge in [0.2, 0.25) is 0 Å². The summed E-state index contributed by atoms with van der Waals surface area (Å²) in [4.78, 5) is 0. The van der Waals surface area contributed by atoms with Crippen molar-refractivity contribution in [3.63, 3.8) is 0 Å². The van der Waals surface area contributed by atoms with E-state index in [0.29, 0.717) is 6.79 Å². The van der Waals surface area contributed by atoms with Crippen molar-refractivity contribution in [3.8, 4) is 0 Å². The molecule has 0 fully saturated rings. The van der Waals surface area contributed by atoms with Gasteiger partial charge in [0, 0.05) is 19.6 Å². The number of unbranched alkanes of at least 4 members (excludes halogenated alkanes) is 6. The lowest BCUT2D eigenvalue weighted by Gasteiger charge is -2.17. The molecule has 0 bridgehead atoms. The molecule has 0 unspecified atom stereocenters. The largest absolute Gasteiger partial charge is 0.475 e. The van der Waals surface area contributed by atoms with E-state index in [9.17, 15) is 0 Å². The Balaban J connectivity index is 3.40. The SMILES string of the molecule is CCCCCCCCCOCOC=CCCC(OCCC)OCCC. The highest BCUT2D eigenvalue weighted by molar-refractivity contribution is 4.73. The van der Waals surface area contributed by atoms with Crippen LogP contribution in [0.4, 0.5) is 0 Å². The fourth-order valence-electron chi connectivity index (χ4n) is 2.39. The molecule has 0 spiro atoms. The van der Waals surface area contributed by atoms with Crippen LogP contribution in [0.3, 0.4) is 0 Å². The monoisotopic (exact) mass is 358 g/mol. The van der Waals surface area contributed by atoms with Crippen LogP contribution in [-0.4, -0.2) is 32.9 Å². The molecular weight excluding hydrogens is 316 g/mol. The van der Waals surface area contributed by atoms with Gasteiger partial charge in [-0.2, -0.15) is 0 Å². The van der Waals surface area contributed by atoms with E-state index in [-0.39, 0.29) is 6.29 Å². The molecule has 0 aliphatic rings. The van der Waals surface area contributed by atoms with Crippen molar-refractivity contribution in [2.24, 2.45) is 0 Å². The maximum Gasteiger partial charge on any atom is 0.188 e. The number of rotatable bonds is 20. The Labute approximate surface area is 156 Å². The number of hydrogen-bond donors (Lipinski definition) is 0. The first-order valence-corrected chi connectivity index (χ1v) is 10.4. The summed E-state index contributed by atoms with van der Waals surface area (Å²) in [7, 11) is 0. The molecule has 4 nitrogen and oxygen atoms in total. The van der Waals surface area contributed by atoms with Gasteiger partial charge in [0.05, 0.1) is 12.9 Å². The van der Waals surface area contributed by atoms with Crippen molar-refractivity contribution >= 4 is 0 Å². The van der Waals surface area contributed by atoms with E-state index in [1.165, 1.54) is 38.5 Å². The van der Waals surface area contributed by atoms with Gasteiger partial charge >= 0.3 is 0 Å². The van der Waals surface area contributed by atoms with Crippen LogP contribution >= 0.6 is 0 Å². The zero-order chi connectivity index (χ0) is 18.4. The number of ether oxygens (including phenoxy) is 4. The lowest BCUT2D eigenvalue weighted by molar-refractivity contribution is -0.145. The molecule has 0 saturated carbocycles. The van der Waals surface area contributed by atoms with Crippen LogP contribution in [0.2, 0.25) is 0 Å². The quantitative estimate of drug-likeness (QED) is 0.147. The second kappa shape index (κ2) is 21.5. The van der Waals surface area contributed by atoms with Crippen LogP contribution in [0.1, 0.15) is 91.4 Å². The Morgan fingerprint density at radius 2 is 1.36 bits per heavy atom. The Morgan fingerprint density at radius 3 is 2.00 bits per heavy atom. The van der Waals surface area contributed by atoms with Crippen LogP contribution in [0.25, 0.3) is 0 Å². The zero-order valence-electron chi connectivity index (χ0n) is 17.0. The molecule has 0 saturated heterocycles. The van der Waals surface area contributed by atoms with Gasteiger partial charge in [0.25, 0.3) is 0 Å². The van der Waals surface area contributed by atoms with E-state index in [2.05, 4.69) is 20.8 Å². The molecule has 0 radical (unpaired) electrons. The molecule has 0 amide bonds. The Bertz CT molecular complexity index is 261. The van der Waals surface area contributed by atoms with Gasteiger partial charge in [-0.25, -0.2) is 0 Å². The highest BCUT2D eigenvalue weighted by atomic mass is 16.7. The summed E-state index contributed by atoms with van der Waals surface area (Å²) in [6, 6.07) is 0. The summed E-state index contributed by atoms with van der Waals surface area (Å²) in [6.07, 6.45) is 16.5. The Morgan fingerprint density at radius 1 is 0.720 bits per heavy atom. The summed E-state index contributed by atoms with van der Waals surface area (Å²) in [5, 5.41) is 0. The van der Waals surface area contributed by atoms with E-state index >= 15 is 0 Å².